The summed E-state index contributed by atoms with van der Waals surface area (Å²) in [5.41, 5.74) is 0. The van der Waals surface area contributed by atoms with Crippen molar-refractivity contribution in [2.24, 2.45) is 0 Å². The van der Waals surface area contributed by atoms with Crippen molar-refractivity contribution >= 4 is 17.6 Å². The molecule has 2 rings (SSSR count). The summed E-state index contributed by atoms with van der Waals surface area (Å²) in [6.45, 7) is 0.495. The van der Waals surface area contributed by atoms with Gasteiger partial charge in [0.15, 0.2) is 6.10 Å². The first-order valence-electron chi connectivity index (χ1n) is 6.37. The normalized spacial score (nSPS) is 22.2. The van der Waals surface area contributed by atoms with Crippen LogP contribution in [0, 0.1) is 5.82 Å². The van der Waals surface area contributed by atoms with Gasteiger partial charge in [0, 0.05) is 13.0 Å². The number of carbonyl (C=O) groups excluding carboxylic acids is 1. The lowest BCUT2D eigenvalue weighted by atomic mass is 10.1. The van der Waals surface area contributed by atoms with Crippen molar-refractivity contribution in [2.45, 2.75) is 24.8 Å². The number of carbonyl (C=O) groups is 1. The molecule has 0 spiro atoms. The third-order valence-corrected chi connectivity index (χ3v) is 3.32. The van der Waals surface area contributed by atoms with Gasteiger partial charge < -0.3 is 14.8 Å². The van der Waals surface area contributed by atoms with Crippen LogP contribution in [0.5, 0.6) is 5.75 Å². The molecule has 0 unspecified atom stereocenters. The van der Waals surface area contributed by atoms with E-state index in [9.17, 15) is 22.4 Å². The lowest BCUT2D eigenvalue weighted by Crippen LogP contribution is -2.50. The van der Waals surface area contributed by atoms with Crippen LogP contribution < -0.4 is 10.1 Å². The largest absolute Gasteiger partial charge is 0.490 e. The van der Waals surface area contributed by atoms with Gasteiger partial charge in [-0.15, -0.1) is 0 Å². The van der Waals surface area contributed by atoms with Gasteiger partial charge in [-0.1, -0.05) is 11.6 Å². The fourth-order valence-electron chi connectivity index (χ4n) is 2.00. The van der Waals surface area contributed by atoms with E-state index in [0.29, 0.717) is 13.0 Å². The molecule has 1 heterocycles. The van der Waals surface area contributed by atoms with Crippen LogP contribution >= 0.6 is 11.6 Å². The van der Waals surface area contributed by atoms with Crippen LogP contribution in [-0.4, -0.2) is 37.4 Å². The van der Waals surface area contributed by atoms with E-state index in [1.165, 1.54) is 6.07 Å². The second kappa shape index (κ2) is 6.70. The molecule has 0 aromatic heterocycles. The Balaban J connectivity index is 2.08. The lowest BCUT2D eigenvalue weighted by Gasteiger charge is -2.32. The smallest absolute Gasteiger partial charge is 0.485 e. The van der Waals surface area contributed by atoms with Crippen molar-refractivity contribution in [1.82, 2.24) is 5.32 Å². The number of hydrogen-bond donors (Lipinski definition) is 1. The molecule has 2 atom stereocenters. The van der Waals surface area contributed by atoms with Crippen molar-refractivity contribution in [3.05, 3.63) is 29.0 Å². The fourth-order valence-corrected chi connectivity index (χ4v) is 2.21. The highest BCUT2D eigenvalue weighted by Crippen LogP contribution is 2.28. The van der Waals surface area contributed by atoms with Crippen LogP contribution in [0.2, 0.25) is 5.02 Å². The first-order chi connectivity index (χ1) is 10.3. The van der Waals surface area contributed by atoms with Crippen LogP contribution in [-0.2, 0) is 9.53 Å². The molecule has 1 N–H and O–H groups in total. The molecule has 0 amide bonds. The average Bonchev–Trinajstić information content (AvgIpc) is 2.42. The van der Waals surface area contributed by atoms with Gasteiger partial charge >= 0.3 is 12.1 Å². The minimum Gasteiger partial charge on any atom is -0.485 e. The van der Waals surface area contributed by atoms with Crippen molar-refractivity contribution < 1.29 is 31.8 Å². The summed E-state index contributed by atoms with van der Waals surface area (Å²) in [6.07, 6.45) is -6.70. The number of halogens is 5. The summed E-state index contributed by atoms with van der Waals surface area (Å²) in [7, 11) is 0. The zero-order valence-electron chi connectivity index (χ0n) is 11.1. The maximum absolute atomic E-state index is 13.0. The van der Waals surface area contributed by atoms with Gasteiger partial charge in [-0.05, 0) is 24.7 Å². The van der Waals surface area contributed by atoms with Gasteiger partial charge in [-0.2, -0.15) is 13.2 Å². The van der Waals surface area contributed by atoms with E-state index >= 15 is 0 Å². The summed E-state index contributed by atoms with van der Waals surface area (Å²) in [5.74, 6) is -2.73. The van der Waals surface area contributed by atoms with E-state index < -0.39 is 30.2 Å². The highest BCUT2D eigenvalue weighted by Gasteiger charge is 2.44. The number of hydrogen-bond acceptors (Lipinski definition) is 4. The molecule has 0 saturated carbocycles. The quantitative estimate of drug-likeness (QED) is 0.678. The van der Waals surface area contributed by atoms with Gasteiger partial charge in [0.05, 0.1) is 5.02 Å². The highest BCUT2D eigenvalue weighted by molar-refractivity contribution is 6.32. The van der Waals surface area contributed by atoms with Crippen molar-refractivity contribution in [3.63, 3.8) is 0 Å². The molecule has 1 saturated heterocycles. The second-order valence-electron chi connectivity index (χ2n) is 4.67. The Labute approximate surface area is 128 Å². The fraction of sp³-hybridized carbons (Fsp3) is 0.462. The molecule has 0 aliphatic carbocycles. The van der Waals surface area contributed by atoms with E-state index in [0.717, 1.165) is 12.1 Å². The standard InChI is InChI=1S/C13H12ClF4NO3/c14-8-5-7(15)1-2-9(8)21-10-3-4-19-6-11(10)22-12(20)13(16,17)18/h1-2,5,10-11,19H,3-4,6H2/t10-,11-/m1/s1. The molecule has 122 valence electrons. The predicted octanol–water partition coefficient (Wildman–Crippen LogP) is 2.69. The molecule has 0 radical (unpaired) electrons. The zero-order valence-corrected chi connectivity index (χ0v) is 11.9. The summed E-state index contributed by atoms with van der Waals surface area (Å²) in [6, 6.07) is 3.40. The molecule has 4 nitrogen and oxygen atoms in total. The minimum absolute atomic E-state index is 0.0144. The minimum atomic E-state index is -5.07. The maximum atomic E-state index is 13.0. The average molecular weight is 342 g/mol. The molecule has 9 heteroatoms. The van der Waals surface area contributed by atoms with E-state index in [1.54, 1.807) is 0 Å². The van der Waals surface area contributed by atoms with Crippen molar-refractivity contribution in [1.29, 1.82) is 0 Å². The molecule has 1 aliphatic heterocycles. The van der Waals surface area contributed by atoms with Gasteiger partial charge in [-0.3, -0.25) is 0 Å². The van der Waals surface area contributed by atoms with Crippen LogP contribution in [0.3, 0.4) is 0 Å². The van der Waals surface area contributed by atoms with Crippen LogP contribution in [0.4, 0.5) is 17.6 Å². The molecular formula is C13H12ClF4NO3. The first-order valence-corrected chi connectivity index (χ1v) is 6.75. The Hall–Kier alpha value is -1.54. The van der Waals surface area contributed by atoms with Crippen molar-refractivity contribution in [2.75, 3.05) is 13.1 Å². The Bertz CT molecular complexity index is 553. The number of nitrogens with one attached hydrogen (secondary N) is 1. The van der Waals surface area contributed by atoms with E-state index in [-0.39, 0.29) is 17.3 Å². The zero-order chi connectivity index (χ0) is 16.3. The Morgan fingerprint density at radius 2 is 2.05 bits per heavy atom. The van der Waals surface area contributed by atoms with Crippen molar-refractivity contribution in [3.8, 4) is 5.75 Å². The summed E-state index contributed by atoms with van der Waals surface area (Å²) < 4.78 is 59.7. The first kappa shape index (κ1) is 16.8. The number of benzene rings is 1. The molecule has 1 aromatic rings. The molecule has 0 bridgehead atoms. The third kappa shape index (κ3) is 4.23. The summed E-state index contributed by atoms with van der Waals surface area (Å²) in [5, 5.41) is 2.80. The lowest BCUT2D eigenvalue weighted by molar-refractivity contribution is -0.209. The SMILES string of the molecule is O=C(O[C@@H]1CNCC[C@H]1Oc1ccc(F)cc1Cl)C(F)(F)F. The molecular weight excluding hydrogens is 330 g/mol. The van der Waals surface area contributed by atoms with E-state index in [2.05, 4.69) is 10.1 Å². The Morgan fingerprint density at radius 3 is 2.68 bits per heavy atom. The van der Waals surface area contributed by atoms with Crippen LogP contribution in [0.1, 0.15) is 6.42 Å². The number of ether oxygens (including phenoxy) is 2. The summed E-state index contributed by atoms with van der Waals surface area (Å²) in [4.78, 5) is 10.9. The number of alkyl halides is 3. The molecule has 1 aliphatic rings. The predicted molar refractivity (Wildman–Crippen MR) is 69.2 cm³/mol. The Kier molecular flexibility index (Phi) is 5.12. The summed E-state index contributed by atoms with van der Waals surface area (Å²) >= 11 is 5.81. The van der Waals surface area contributed by atoms with Crippen LogP contribution in [0.25, 0.3) is 0 Å². The third-order valence-electron chi connectivity index (χ3n) is 3.03. The molecule has 1 fully saturated rings. The van der Waals surface area contributed by atoms with Gasteiger partial charge in [-0.25, -0.2) is 9.18 Å². The number of rotatable bonds is 3. The number of piperidine rings is 1. The van der Waals surface area contributed by atoms with Crippen LogP contribution in [0.15, 0.2) is 18.2 Å². The number of esters is 1. The van der Waals surface area contributed by atoms with Gasteiger partial charge in [0.2, 0.25) is 0 Å². The molecule has 1 aromatic carbocycles. The second-order valence-corrected chi connectivity index (χ2v) is 5.07. The van der Waals surface area contributed by atoms with Gasteiger partial charge in [0.1, 0.15) is 17.7 Å². The van der Waals surface area contributed by atoms with E-state index in [1.807, 2.05) is 0 Å². The topological polar surface area (TPSA) is 47.6 Å². The molecule has 22 heavy (non-hydrogen) atoms. The Morgan fingerprint density at radius 1 is 1.32 bits per heavy atom. The maximum Gasteiger partial charge on any atom is 0.490 e. The monoisotopic (exact) mass is 341 g/mol. The van der Waals surface area contributed by atoms with Gasteiger partial charge in [0.25, 0.3) is 0 Å². The van der Waals surface area contributed by atoms with E-state index in [4.69, 9.17) is 16.3 Å². The highest BCUT2D eigenvalue weighted by atomic mass is 35.5.